The number of hydrogen-bond acceptors (Lipinski definition) is 3. The van der Waals surface area contributed by atoms with E-state index in [9.17, 15) is 4.79 Å². The summed E-state index contributed by atoms with van der Waals surface area (Å²) in [6, 6.07) is 0. The zero-order valence-electron chi connectivity index (χ0n) is 13.5. The summed E-state index contributed by atoms with van der Waals surface area (Å²) in [5, 5.41) is 0. The Hall–Kier alpha value is -0.540. The van der Waals surface area contributed by atoms with E-state index in [1.165, 1.54) is 70.3 Å². The van der Waals surface area contributed by atoms with E-state index in [2.05, 4.69) is 6.58 Å². The zero-order chi connectivity index (χ0) is 14.9. The normalized spacial score (nSPS) is 9.95. The smallest absolute Gasteiger partial charge is 0.330 e. The first-order chi connectivity index (χ1) is 9.81. The van der Waals surface area contributed by atoms with Crippen LogP contribution in [-0.4, -0.2) is 19.1 Å². The second kappa shape index (κ2) is 19.5. The van der Waals surface area contributed by atoms with Crippen molar-refractivity contribution in [2.24, 2.45) is 5.73 Å². The van der Waals surface area contributed by atoms with Crippen LogP contribution in [0, 0.1) is 0 Å². The van der Waals surface area contributed by atoms with E-state index in [1.807, 2.05) is 0 Å². The van der Waals surface area contributed by atoms with E-state index in [0.717, 1.165) is 19.4 Å². The molecule has 0 unspecified atom stereocenters. The van der Waals surface area contributed by atoms with Gasteiger partial charge in [0.1, 0.15) is 0 Å². The molecular weight excluding hydrogens is 286 g/mol. The van der Waals surface area contributed by atoms with Gasteiger partial charge in [-0.1, -0.05) is 70.8 Å². The molecule has 4 heteroatoms. The SMILES string of the molecule is C=CC(=O)OCCCCCCCCCCCCCCN.Cl. The molecule has 0 aliphatic carbocycles. The van der Waals surface area contributed by atoms with E-state index in [4.69, 9.17) is 10.5 Å². The maximum Gasteiger partial charge on any atom is 0.330 e. The number of carbonyl (C=O) groups is 1. The van der Waals surface area contributed by atoms with Crippen molar-refractivity contribution in [2.75, 3.05) is 13.2 Å². The van der Waals surface area contributed by atoms with Gasteiger partial charge in [0.15, 0.2) is 0 Å². The average Bonchev–Trinajstić information content (AvgIpc) is 2.47. The standard InChI is InChI=1S/C17H33NO2.ClH/c1-2-17(19)20-16-14-12-10-8-6-4-3-5-7-9-11-13-15-18;/h2H,1,3-16,18H2;1H. The van der Waals surface area contributed by atoms with Crippen LogP contribution >= 0.6 is 12.4 Å². The number of nitrogens with two attached hydrogens (primary N) is 1. The molecule has 0 saturated carbocycles. The Kier molecular flexibility index (Phi) is 21.1. The highest BCUT2D eigenvalue weighted by Crippen LogP contribution is 2.11. The first kappa shape index (κ1) is 22.7. The molecule has 0 spiro atoms. The molecule has 0 heterocycles. The van der Waals surface area contributed by atoms with E-state index in [0.29, 0.717) is 6.61 Å². The predicted octanol–water partition coefficient (Wildman–Crippen LogP) is 4.78. The number of ether oxygens (including phenoxy) is 1. The molecule has 0 aromatic rings. The van der Waals surface area contributed by atoms with Gasteiger partial charge in [0.05, 0.1) is 6.61 Å². The molecule has 0 fully saturated rings. The molecule has 0 radical (unpaired) electrons. The van der Waals surface area contributed by atoms with Crippen molar-refractivity contribution in [3.8, 4) is 0 Å². The fraction of sp³-hybridized carbons (Fsp3) is 0.824. The average molecular weight is 320 g/mol. The third-order valence-corrected chi connectivity index (χ3v) is 3.51. The fourth-order valence-corrected chi connectivity index (χ4v) is 2.25. The van der Waals surface area contributed by atoms with Crippen molar-refractivity contribution >= 4 is 18.4 Å². The number of halogens is 1. The molecule has 21 heavy (non-hydrogen) atoms. The minimum atomic E-state index is -0.309. The fourth-order valence-electron chi connectivity index (χ4n) is 2.25. The lowest BCUT2D eigenvalue weighted by molar-refractivity contribution is -0.137. The lowest BCUT2D eigenvalue weighted by Gasteiger charge is -2.03. The molecule has 0 atom stereocenters. The quantitative estimate of drug-likeness (QED) is 0.268. The van der Waals surface area contributed by atoms with Crippen molar-refractivity contribution in [1.82, 2.24) is 0 Å². The molecule has 0 saturated heterocycles. The van der Waals surface area contributed by atoms with Crippen LogP contribution < -0.4 is 5.73 Å². The molecule has 0 aliphatic rings. The monoisotopic (exact) mass is 319 g/mol. The molecule has 0 aromatic heterocycles. The largest absolute Gasteiger partial charge is 0.463 e. The second-order valence-corrected chi connectivity index (χ2v) is 5.40. The summed E-state index contributed by atoms with van der Waals surface area (Å²) >= 11 is 0. The lowest BCUT2D eigenvalue weighted by Crippen LogP contribution is -2.01. The Labute approximate surface area is 137 Å². The predicted molar refractivity (Wildman–Crippen MR) is 92.9 cm³/mol. The summed E-state index contributed by atoms with van der Waals surface area (Å²) in [7, 11) is 0. The van der Waals surface area contributed by atoms with Crippen LogP contribution in [0.25, 0.3) is 0 Å². The molecule has 126 valence electrons. The van der Waals surface area contributed by atoms with Gasteiger partial charge in [0.2, 0.25) is 0 Å². The number of esters is 1. The van der Waals surface area contributed by atoms with Crippen molar-refractivity contribution in [3.05, 3.63) is 12.7 Å². The van der Waals surface area contributed by atoms with Gasteiger partial charge in [0, 0.05) is 6.08 Å². The highest BCUT2D eigenvalue weighted by atomic mass is 35.5. The van der Waals surface area contributed by atoms with E-state index in [-0.39, 0.29) is 18.4 Å². The maximum absolute atomic E-state index is 10.8. The number of unbranched alkanes of at least 4 members (excludes halogenated alkanes) is 11. The Morgan fingerprint density at radius 1 is 0.810 bits per heavy atom. The third kappa shape index (κ3) is 19.5. The number of carbonyl (C=O) groups excluding carboxylic acids is 1. The van der Waals surface area contributed by atoms with Crippen LogP contribution in [-0.2, 0) is 9.53 Å². The van der Waals surface area contributed by atoms with Crippen molar-refractivity contribution < 1.29 is 9.53 Å². The number of rotatable bonds is 15. The summed E-state index contributed by atoms with van der Waals surface area (Å²) in [4.78, 5) is 10.8. The second-order valence-electron chi connectivity index (χ2n) is 5.40. The first-order valence-corrected chi connectivity index (χ1v) is 8.30. The molecule has 0 aromatic carbocycles. The molecule has 0 rings (SSSR count). The minimum absolute atomic E-state index is 0. The van der Waals surface area contributed by atoms with Crippen molar-refractivity contribution in [1.29, 1.82) is 0 Å². The highest BCUT2D eigenvalue weighted by Gasteiger charge is 1.96. The van der Waals surface area contributed by atoms with Crippen LogP contribution in [0.4, 0.5) is 0 Å². The lowest BCUT2D eigenvalue weighted by atomic mass is 10.1. The Balaban J connectivity index is 0. The Morgan fingerprint density at radius 3 is 1.57 bits per heavy atom. The number of hydrogen-bond donors (Lipinski definition) is 1. The first-order valence-electron chi connectivity index (χ1n) is 8.30. The van der Waals surface area contributed by atoms with E-state index < -0.39 is 0 Å². The van der Waals surface area contributed by atoms with Gasteiger partial charge in [-0.25, -0.2) is 4.79 Å². The summed E-state index contributed by atoms with van der Waals surface area (Å²) in [5.74, 6) is -0.309. The van der Waals surface area contributed by atoms with E-state index in [1.54, 1.807) is 0 Å². The van der Waals surface area contributed by atoms with Gasteiger partial charge in [-0.05, 0) is 19.4 Å². The summed E-state index contributed by atoms with van der Waals surface area (Å²) in [5.41, 5.74) is 5.46. The van der Waals surface area contributed by atoms with Crippen molar-refractivity contribution in [2.45, 2.75) is 77.0 Å². The van der Waals surface area contributed by atoms with Gasteiger partial charge < -0.3 is 10.5 Å². The molecular formula is C17H34ClNO2. The van der Waals surface area contributed by atoms with Crippen molar-refractivity contribution in [3.63, 3.8) is 0 Å². The van der Waals surface area contributed by atoms with Crippen LogP contribution in [0.2, 0.25) is 0 Å². The Morgan fingerprint density at radius 2 is 1.19 bits per heavy atom. The molecule has 0 bridgehead atoms. The van der Waals surface area contributed by atoms with Crippen LogP contribution in [0.3, 0.4) is 0 Å². The maximum atomic E-state index is 10.8. The van der Waals surface area contributed by atoms with Crippen LogP contribution in [0.15, 0.2) is 12.7 Å². The topological polar surface area (TPSA) is 52.3 Å². The third-order valence-electron chi connectivity index (χ3n) is 3.51. The molecule has 0 amide bonds. The zero-order valence-corrected chi connectivity index (χ0v) is 14.3. The summed E-state index contributed by atoms with van der Waals surface area (Å²) < 4.78 is 4.93. The van der Waals surface area contributed by atoms with Crippen LogP contribution in [0.5, 0.6) is 0 Å². The van der Waals surface area contributed by atoms with Gasteiger partial charge >= 0.3 is 5.97 Å². The molecule has 3 nitrogen and oxygen atoms in total. The van der Waals surface area contributed by atoms with Crippen LogP contribution in [0.1, 0.15) is 77.0 Å². The van der Waals surface area contributed by atoms with E-state index >= 15 is 0 Å². The van der Waals surface area contributed by atoms with Gasteiger partial charge in [0.25, 0.3) is 0 Å². The Bertz CT molecular complexity index is 235. The molecule has 2 N–H and O–H groups in total. The minimum Gasteiger partial charge on any atom is -0.463 e. The summed E-state index contributed by atoms with van der Waals surface area (Å²) in [6.07, 6.45) is 16.6. The van der Waals surface area contributed by atoms with Gasteiger partial charge in [-0.3, -0.25) is 0 Å². The molecule has 0 aliphatic heterocycles. The van der Waals surface area contributed by atoms with Gasteiger partial charge in [-0.15, -0.1) is 12.4 Å². The van der Waals surface area contributed by atoms with Gasteiger partial charge in [-0.2, -0.15) is 0 Å². The highest BCUT2D eigenvalue weighted by molar-refractivity contribution is 5.85. The summed E-state index contributed by atoms with van der Waals surface area (Å²) in [6.45, 7) is 4.74.